The van der Waals surface area contributed by atoms with Crippen molar-refractivity contribution in [2.75, 3.05) is 12.1 Å². The molecule has 0 aliphatic carbocycles. The number of carbonyl (C=O) groups is 3. The lowest BCUT2D eigenvalue weighted by molar-refractivity contribution is -0.123. The number of nitrogens with one attached hydrogen (secondary N) is 3. The van der Waals surface area contributed by atoms with Crippen molar-refractivity contribution in [3.63, 3.8) is 0 Å². The van der Waals surface area contributed by atoms with E-state index in [1.807, 2.05) is 6.07 Å². The summed E-state index contributed by atoms with van der Waals surface area (Å²) < 4.78 is 10.6. The summed E-state index contributed by atoms with van der Waals surface area (Å²) in [6.07, 6.45) is 3.09. The second kappa shape index (κ2) is 11.5. The molecule has 10 nitrogen and oxygen atoms in total. The van der Waals surface area contributed by atoms with Crippen LogP contribution in [0.2, 0.25) is 0 Å². The Kier molecular flexibility index (Phi) is 7.78. The van der Waals surface area contributed by atoms with E-state index in [1.54, 1.807) is 48.5 Å². The quantitative estimate of drug-likeness (QED) is 0.212. The Morgan fingerprint density at radius 3 is 2.43 bits per heavy atom. The van der Waals surface area contributed by atoms with Gasteiger partial charge < -0.3 is 20.1 Å². The number of hydrogen-bond acceptors (Lipinski definition) is 7. The Morgan fingerprint density at radius 1 is 1.00 bits per heavy atom. The zero-order valence-corrected chi connectivity index (χ0v) is 19.4. The fourth-order valence-corrected chi connectivity index (χ4v) is 3.57. The van der Waals surface area contributed by atoms with Gasteiger partial charge in [0.2, 0.25) is 18.6 Å². The Morgan fingerprint density at radius 2 is 1.73 bits per heavy atom. The van der Waals surface area contributed by atoms with Gasteiger partial charge in [-0.2, -0.15) is 5.26 Å². The molecule has 0 saturated carbocycles. The molecule has 10 heteroatoms. The molecule has 0 radical (unpaired) electrons. The van der Waals surface area contributed by atoms with Crippen molar-refractivity contribution < 1.29 is 29.1 Å². The molecule has 0 fully saturated rings. The highest BCUT2D eigenvalue weighted by Crippen LogP contribution is 2.32. The normalized spacial score (nSPS) is 12.4. The number of nitriles is 1. The van der Waals surface area contributed by atoms with Gasteiger partial charge in [-0.3, -0.25) is 19.6 Å². The van der Waals surface area contributed by atoms with Crippen LogP contribution in [-0.4, -0.2) is 35.8 Å². The van der Waals surface area contributed by atoms with Crippen molar-refractivity contribution in [2.45, 2.75) is 12.5 Å². The predicted molar refractivity (Wildman–Crippen MR) is 133 cm³/mol. The van der Waals surface area contributed by atoms with E-state index in [4.69, 9.17) is 19.9 Å². The first-order chi connectivity index (χ1) is 17.9. The molecule has 4 rings (SSSR count). The number of hydrogen-bond donors (Lipinski definition) is 4. The van der Waals surface area contributed by atoms with Crippen molar-refractivity contribution in [3.05, 3.63) is 95.1 Å². The largest absolute Gasteiger partial charge is 0.454 e. The molecular formula is C27H22N4O6. The van der Waals surface area contributed by atoms with Crippen LogP contribution in [0.4, 0.5) is 5.69 Å². The van der Waals surface area contributed by atoms with Crippen LogP contribution in [0, 0.1) is 11.3 Å². The van der Waals surface area contributed by atoms with E-state index in [2.05, 4.69) is 10.6 Å². The minimum Gasteiger partial charge on any atom is -0.454 e. The van der Waals surface area contributed by atoms with E-state index >= 15 is 0 Å². The maximum Gasteiger partial charge on any atom is 0.274 e. The van der Waals surface area contributed by atoms with Gasteiger partial charge in [-0.25, -0.2) is 5.48 Å². The molecular weight excluding hydrogens is 476 g/mol. The maximum atomic E-state index is 13.1. The second-order valence-corrected chi connectivity index (χ2v) is 8.03. The number of carbonyl (C=O) groups excluding carboxylic acids is 3. The third kappa shape index (κ3) is 6.50. The van der Waals surface area contributed by atoms with Crippen molar-refractivity contribution >= 4 is 29.5 Å². The summed E-state index contributed by atoms with van der Waals surface area (Å²) in [6, 6.07) is 18.9. The van der Waals surface area contributed by atoms with Crippen LogP contribution in [0.5, 0.6) is 11.5 Å². The highest BCUT2D eigenvalue weighted by molar-refractivity contribution is 6.00. The molecule has 1 aliphatic heterocycles. The van der Waals surface area contributed by atoms with E-state index in [-0.39, 0.29) is 18.8 Å². The first kappa shape index (κ1) is 25.0. The molecule has 1 heterocycles. The molecule has 186 valence electrons. The fourth-order valence-electron chi connectivity index (χ4n) is 3.57. The van der Waals surface area contributed by atoms with Crippen LogP contribution in [0.3, 0.4) is 0 Å². The van der Waals surface area contributed by atoms with Crippen molar-refractivity contribution in [1.82, 2.24) is 10.8 Å². The average Bonchev–Trinajstić information content (AvgIpc) is 3.40. The highest BCUT2D eigenvalue weighted by atomic mass is 16.7. The van der Waals surface area contributed by atoms with Gasteiger partial charge in [0.05, 0.1) is 11.6 Å². The summed E-state index contributed by atoms with van der Waals surface area (Å²) >= 11 is 0. The fraction of sp³-hybridized carbons (Fsp3) is 0.111. The number of amides is 3. The van der Waals surface area contributed by atoms with Gasteiger partial charge in [0.1, 0.15) is 6.04 Å². The average molecular weight is 498 g/mol. The topological polar surface area (TPSA) is 150 Å². The van der Waals surface area contributed by atoms with Gasteiger partial charge >= 0.3 is 0 Å². The Bertz CT molecular complexity index is 1380. The summed E-state index contributed by atoms with van der Waals surface area (Å²) in [5, 5.41) is 23.2. The van der Waals surface area contributed by atoms with Gasteiger partial charge in [-0.1, -0.05) is 18.2 Å². The standard InChI is InChI=1S/C27H22N4O6/c28-15-19-3-1-17(2-4-19)13-22(27(34)29-21-9-7-20(8-10-21)26(33)31-35)30-25(32)12-6-18-5-11-23-24(14-18)37-16-36-23/h1-12,14,22,35H,13,16H2,(H,29,34)(H,30,32)(H,31,33)/b12-6+. The van der Waals surface area contributed by atoms with E-state index in [9.17, 15) is 14.4 Å². The Labute approximate surface area is 212 Å². The summed E-state index contributed by atoms with van der Waals surface area (Å²) in [4.78, 5) is 37.3. The maximum absolute atomic E-state index is 13.1. The van der Waals surface area contributed by atoms with Crippen LogP contribution in [0.1, 0.15) is 27.0 Å². The predicted octanol–water partition coefficient (Wildman–Crippen LogP) is 2.79. The molecule has 0 saturated heterocycles. The zero-order chi connectivity index (χ0) is 26.2. The van der Waals surface area contributed by atoms with Gasteiger partial charge in [0.15, 0.2) is 11.5 Å². The third-order valence-corrected chi connectivity index (χ3v) is 5.50. The zero-order valence-electron chi connectivity index (χ0n) is 19.4. The Balaban J connectivity index is 1.47. The molecule has 1 aliphatic rings. The number of ether oxygens (including phenoxy) is 2. The Hall–Kier alpha value is -5.14. The summed E-state index contributed by atoms with van der Waals surface area (Å²) in [6.45, 7) is 0.145. The highest BCUT2D eigenvalue weighted by Gasteiger charge is 2.21. The van der Waals surface area contributed by atoms with Gasteiger partial charge in [0.25, 0.3) is 5.91 Å². The number of benzene rings is 3. The lowest BCUT2D eigenvalue weighted by Crippen LogP contribution is -2.44. The van der Waals surface area contributed by atoms with Crippen LogP contribution >= 0.6 is 0 Å². The van der Waals surface area contributed by atoms with Gasteiger partial charge in [0, 0.05) is 23.7 Å². The lowest BCUT2D eigenvalue weighted by atomic mass is 10.0. The first-order valence-electron chi connectivity index (χ1n) is 11.2. The molecule has 0 spiro atoms. The van der Waals surface area contributed by atoms with Gasteiger partial charge in [-0.05, 0) is 65.7 Å². The lowest BCUT2D eigenvalue weighted by Gasteiger charge is -2.18. The van der Waals surface area contributed by atoms with E-state index < -0.39 is 23.8 Å². The molecule has 37 heavy (non-hydrogen) atoms. The van der Waals surface area contributed by atoms with Crippen molar-refractivity contribution in [3.8, 4) is 17.6 Å². The number of rotatable bonds is 8. The summed E-state index contributed by atoms with van der Waals surface area (Å²) in [5.41, 5.74) is 4.09. The van der Waals surface area contributed by atoms with Crippen LogP contribution in [0.15, 0.2) is 72.8 Å². The van der Waals surface area contributed by atoms with Crippen LogP contribution in [0.25, 0.3) is 6.08 Å². The minimum absolute atomic E-state index is 0.145. The van der Waals surface area contributed by atoms with Crippen LogP contribution < -0.4 is 25.6 Å². The van der Waals surface area contributed by atoms with Crippen molar-refractivity contribution in [1.29, 1.82) is 5.26 Å². The molecule has 3 aromatic rings. The minimum atomic E-state index is -0.942. The van der Waals surface area contributed by atoms with Crippen LogP contribution in [-0.2, 0) is 16.0 Å². The monoisotopic (exact) mass is 498 g/mol. The molecule has 1 unspecified atom stereocenters. The second-order valence-electron chi connectivity index (χ2n) is 8.03. The first-order valence-corrected chi connectivity index (χ1v) is 11.2. The number of anilines is 1. The third-order valence-electron chi connectivity index (χ3n) is 5.50. The summed E-state index contributed by atoms with van der Waals surface area (Å²) in [5.74, 6) is -0.429. The van der Waals surface area contributed by atoms with Crippen molar-refractivity contribution in [2.24, 2.45) is 0 Å². The van der Waals surface area contributed by atoms with E-state index in [0.29, 0.717) is 22.7 Å². The molecule has 1 atom stereocenters. The number of hydroxylamine groups is 1. The van der Waals surface area contributed by atoms with Gasteiger partial charge in [-0.15, -0.1) is 0 Å². The smallest absolute Gasteiger partial charge is 0.274 e. The van der Waals surface area contributed by atoms with E-state index in [1.165, 1.54) is 35.8 Å². The molecule has 0 aromatic heterocycles. The molecule has 4 N–H and O–H groups in total. The SMILES string of the molecule is N#Cc1ccc(CC(NC(=O)/C=C/c2ccc3c(c2)OCO3)C(=O)Nc2ccc(C(=O)NO)cc2)cc1. The molecule has 3 amide bonds. The molecule has 0 bridgehead atoms. The van der Waals surface area contributed by atoms with E-state index in [0.717, 1.165) is 11.1 Å². The summed E-state index contributed by atoms with van der Waals surface area (Å²) in [7, 11) is 0. The molecule has 3 aromatic carbocycles. The number of fused-ring (bicyclic) bond motifs is 1. The number of nitrogens with zero attached hydrogens (tertiary/aromatic N) is 1.